The number of anilines is 1. The van der Waals surface area contributed by atoms with E-state index in [2.05, 4.69) is 138 Å². The summed E-state index contributed by atoms with van der Waals surface area (Å²) in [6.45, 7) is 14.2. The molecule has 5 aromatic rings. The first-order valence-electron chi connectivity index (χ1n) is 18.1. The van der Waals surface area contributed by atoms with E-state index in [0.717, 1.165) is 52.3 Å². The maximum Gasteiger partial charge on any atom is 0.178 e. The highest BCUT2D eigenvalue weighted by atomic mass is 16.5. The van der Waals surface area contributed by atoms with Crippen LogP contribution in [0.5, 0.6) is 17.2 Å². The Morgan fingerprint density at radius 3 is 2.14 bits per heavy atom. The Morgan fingerprint density at radius 1 is 0.800 bits per heavy atom. The highest BCUT2D eigenvalue weighted by Crippen LogP contribution is 2.67. The summed E-state index contributed by atoms with van der Waals surface area (Å²) < 4.78 is 19.8. The van der Waals surface area contributed by atoms with E-state index in [9.17, 15) is 0 Å². The number of rotatable bonds is 3. The number of benzene rings is 5. The summed E-state index contributed by atoms with van der Waals surface area (Å²) in [6.07, 6.45) is 8.03. The third-order valence-electron chi connectivity index (χ3n) is 12.1. The minimum Gasteiger partial charge on any atom is -0.497 e. The summed E-state index contributed by atoms with van der Waals surface area (Å²) in [5, 5.41) is 2.32. The van der Waals surface area contributed by atoms with Crippen LogP contribution in [0, 0.1) is 17.8 Å². The monoisotopic (exact) mass is 661 g/mol. The molecule has 0 aromatic heterocycles. The first-order chi connectivity index (χ1) is 23.8. The van der Waals surface area contributed by atoms with Gasteiger partial charge in [-0.15, -0.1) is 0 Å². The maximum atomic E-state index is 7.70. The molecule has 2 aliphatic heterocycles. The van der Waals surface area contributed by atoms with Crippen molar-refractivity contribution in [1.82, 2.24) is 0 Å². The lowest BCUT2D eigenvalue weighted by Crippen LogP contribution is -2.44. The van der Waals surface area contributed by atoms with E-state index in [1.54, 1.807) is 7.11 Å². The lowest BCUT2D eigenvalue weighted by atomic mass is 9.52. The Bertz CT molecular complexity index is 2210. The lowest BCUT2D eigenvalue weighted by Gasteiger charge is -2.52. The van der Waals surface area contributed by atoms with Gasteiger partial charge in [-0.3, -0.25) is 0 Å². The number of hydrogen-bond donors (Lipinski definition) is 0. The summed E-state index contributed by atoms with van der Waals surface area (Å²) in [6, 6.07) is 31.0. The first-order valence-corrected chi connectivity index (χ1v) is 18.1. The molecule has 2 aliphatic carbocycles. The fourth-order valence-corrected chi connectivity index (χ4v) is 10.6. The molecule has 2 heterocycles. The summed E-state index contributed by atoms with van der Waals surface area (Å²) in [5.74, 6) is 2.66. The Labute approximate surface area is 296 Å². The molecule has 2 atom stereocenters. The zero-order valence-electron chi connectivity index (χ0n) is 30.6. The second-order valence-corrected chi connectivity index (χ2v) is 16.9. The SMILES string of the molecule is COc1ccc(C2(c3ccc(C)cc3)C=Cc3c4c(c5cc6c(cc5c3O2)OC(C)N6C)-c2ccccc2C42CC(C)(C)CC(C)(C)C2)cc1. The average molecular weight is 662 g/mol. The van der Waals surface area contributed by atoms with Crippen LogP contribution in [0.25, 0.3) is 28.0 Å². The molecule has 50 heavy (non-hydrogen) atoms. The molecule has 5 aromatic carbocycles. The van der Waals surface area contributed by atoms with E-state index < -0.39 is 5.60 Å². The van der Waals surface area contributed by atoms with E-state index in [-0.39, 0.29) is 22.5 Å². The Kier molecular flexibility index (Phi) is 6.52. The first kappa shape index (κ1) is 31.3. The Balaban J connectivity index is 1.40. The third-order valence-corrected chi connectivity index (χ3v) is 12.1. The number of nitrogens with zero attached hydrogens (tertiary/aromatic N) is 1. The maximum absolute atomic E-state index is 7.70. The average Bonchev–Trinajstić information content (AvgIpc) is 3.51. The Morgan fingerprint density at radius 2 is 1.46 bits per heavy atom. The largest absolute Gasteiger partial charge is 0.497 e. The van der Waals surface area contributed by atoms with Crippen LogP contribution in [0.2, 0.25) is 0 Å². The number of methoxy groups -OCH3 is 1. The van der Waals surface area contributed by atoms with Gasteiger partial charge in [-0.1, -0.05) is 100.0 Å². The molecule has 0 radical (unpaired) electrons. The van der Waals surface area contributed by atoms with Crippen molar-refractivity contribution in [2.45, 2.75) is 78.0 Å². The predicted molar refractivity (Wildman–Crippen MR) is 205 cm³/mol. The molecule has 4 heteroatoms. The van der Waals surface area contributed by atoms with Gasteiger partial charge in [-0.25, -0.2) is 0 Å². The molecular weight excluding hydrogens is 615 g/mol. The van der Waals surface area contributed by atoms with Crippen LogP contribution >= 0.6 is 0 Å². The quantitative estimate of drug-likeness (QED) is 0.193. The zero-order valence-corrected chi connectivity index (χ0v) is 30.6. The molecule has 0 saturated heterocycles. The van der Waals surface area contributed by atoms with Crippen molar-refractivity contribution >= 4 is 22.5 Å². The molecule has 4 aliphatic rings. The molecule has 1 saturated carbocycles. The third kappa shape index (κ3) is 4.36. The fraction of sp³-hybridized carbons (Fsp3) is 0.348. The Hall–Kier alpha value is -4.70. The molecule has 4 nitrogen and oxygen atoms in total. The van der Waals surface area contributed by atoms with Crippen molar-refractivity contribution in [3.8, 4) is 28.4 Å². The van der Waals surface area contributed by atoms with Crippen molar-refractivity contribution in [1.29, 1.82) is 0 Å². The van der Waals surface area contributed by atoms with Gasteiger partial charge in [-0.2, -0.15) is 0 Å². The summed E-state index contributed by atoms with van der Waals surface area (Å²) in [5.41, 5.74) is 10.6. The van der Waals surface area contributed by atoms with Gasteiger partial charge in [0.2, 0.25) is 0 Å². The summed E-state index contributed by atoms with van der Waals surface area (Å²) >= 11 is 0. The van der Waals surface area contributed by atoms with Crippen LogP contribution < -0.4 is 19.1 Å². The van der Waals surface area contributed by atoms with Crippen molar-refractivity contribution in [2.24, 2.45) is 10.8 Å². The number of ether oxygens (including phenoxy) is 3. The zero-order chi connectivity index (χ0) is 34.8. The van der Waals surface area contributed by atoms with Gasteiger partial charge in [-0.05, 0) is 102 Å². The van der Waals surface area contributed by atoms with E-state index in [0.29, 0.717) is 0 Å². The van der Waals surface area contributed by atoms with Crippen molar-refractivity contribution in [2.75, 3.05) is 19.1 Å². The fourth-order valence-electron chi connectivity index (χ4n) is 10.6. The molecule has 254 valence electrons. The molecule has 0 amide bonds. The van der Waals surface area contributed by atoms with Gasteiger partial charge in [0.25, 0.3) is 0 Å². The van der Waals surface area contributed by atoms with Crippen LogP contribution in [0.1, 0.15) is 87.3 Å². The van der Waals surface area contributed by atoms with E-state index >= 15 is 0 Å². The molecule has 2 unspecified atom stereocenters. The van der Waals surface area contributed by atoms with Crippen LogP contribution in [0.15, 0.2) is 91.0 Å². The normalized spacial score (nSPS) is 23.1. The highest BCUT2D eigenvalue weighted by molar-refractivity contribution is 6.10. The highest BCUT2D eigenvalue weighted by Gasteiger charge is 2.55. The van der Waals surface area contributed by atoms with E-state index in [1.165, 1.54) is 45.2 Å². The number of hydrogen-bond acceptors (Lipinski definition) is 4. The molecule has 1 fully saturated rings. The van der Waals surface area contributed by atoms with Crippen molar-refractivity contribution in [3.05, 3.63) is 124 Å². The number of fused-ring (bicyclic) bond motifs is 11. The molecule has 9 rings (SSSR count). The van der Waals surface area contributed by atoms with E-state index in [4.69, 9.17) is 14.2 Å². The summed E-state index contributed by atoms with van der Waals surface area (Å²) in [7, 11) is 3.85. The van der Waals surface area contributed by atoms with Crippen LogP contribution in [0.4, 0.5) is 5.69 Å². The molecule has 0 bridgehead atoms. The topological polar surface area (TPSA) is 30.9 Å². The van der Waals surface area contributed by atoms with E-state index in [1.807, 2.05) is 12.1 Å². The summed E-state index contributed by atoms with van der Waals surface area (Å²) in [4.78, 5) is 2.25. The smallest absolute Gasteiger partial charge is 0.178 e. The lowest BCUT2D eigenvalue weighted by molar-refractivity contribution is 0.0642. The van der Waals surface area contributed by atoms with Crippen LogP contribution in [0.3, 0.4) is 0 Å². The predicted octanol–water partition coefficient (Wildman–Crippen LogP) is 11.2. The van der Waals surface area contributed by atoms with Gasteiger partial charge < -0.3 is 19.1 Å². The minimum atomic E-state index is -0.845. The molecular formula is C46H47NO3. The molecule has 0 N–H and O–H groups in total. The van der Waals surface area contributed by atoms with Gasteiger partial charge in [0.1, 0.15) is 17.2 Å². The van der Waals surface area contributed by atoms with Gasteiger partial charge >= 0.3 is 0 Å². The van der Waals surface area contributed by atoms with Crippen LogP contribution in [-0.2, 0) is 11.0 Å². The van der Waals surface area contributed by atoms with Crippen molar-refractivity contribution in [3.63, 3.8) is 0 Å². The second-order valence-electron chi connectivity index (χ2n) is 16.9. The number of aryl methyl sites for hydroxylation is 1. The standard InChI is InChI=1S/C46H47NO3/c1-28-13-15-30(16-14-28)46(31-17-19-32(48-8)20-18-31)22-21-34-41-40(35-23-38-39(49-29(2)47(38)7)24-36(35)42(34)50-46)33-11-9-10-12-37(33)45(41)26-43(3,4)25-44(5,6)27-45/h9-24,29H,25-27H2,1-8H3. The second kappa shape index (κ2) is 10.4. The molecule has 1 spiro atoms. The van der Waals surface area contributed by atoms with Crippen molar-refractivity contribution < 1.29 is 14.2 Å². The van der Waals surface area contributed by atoms with Crippen LogP contribution in [-0.4, -0.2) is 20.4 Å². The van der Waals surface area contributed by atoms with Gasteiger partial charge in [0.15, 0.2) is 11.8 Å². The van der Waals surface area contributed by atoms with Gasteiger partial charge in [0.05, 0.1) is 12.8 Å². The minimum absolute atomic E-state index is 0.0454. The van der Waals surface area contributed by atoms with Gasteiger partial charge in [0, 0.05) is 34.5 Å².